The van der Waals surface area contributed by atoms with Gasteiger partial charge in [-0.2, -0.15) is 0 Å². The molecule has 0 saturated carbocycles. The smallest absolute Gasteiger partial charge is 0.176 e. The quantitative estimate of drug-likeness (QED) is 0.810. The van der Waals surface area contributed by atoms with Crippen LogP contribution in [-0.4, -0.2) is 18.9 Å². The highest BCUT2D eigenvalue weighted by atomic mass is 35.5. The van der Waals surface area contributed by atoms with Gasteiger partial charge in [-0.05, 0) is 44.5 Å². The van der Waals surface area contributed by atoms with Crippen molar-refractivity contribution in [2.24, 2.45) is 5.92 Å². The molecule has 0 aliphatic carbocycles. The summed E-state index contributed by atoms with van der Waals surface area (Å²) in [5.41, 5.74) is 1.01. The van der Waals surface area contributed by atoms with Gasteiger partial charge in [-0.1, -0.05) is 11.6 Å². The molecular formula is C11H14ClNOS. The van der Waals surface area contributed by atoms with E-state index in [4.69, 9.17) is 11.6 Å². The Morgan fingerprint density at radius 1 is 1.53 bits per heavy atom. The molecule has 82 valence electrons. The van der Waals surface area contributed by atoms with Crippen LogP contribution >= 0.6 is 22.9 Å². The zero-order valence-corrected chi connectivity index (χ0v) is 10.3. The number of nitrogens with one attached hydrogen (secondary N) is 1. The minimum atomic E-state index is 0.195. The summed E-state index contributed by atoms with van der Waals surface area (Å²) in [4.78, 5) is 12.9. The molecule has 0 radical (unpaired) electrons. The molecule has 0 atom stereocenters. The molecule has 1 saturated heterocycles. The molecule has 0 unspecified atom stereocenters. The van der Waals surface area contributed by atoms with Gasteiger partial charge in [-0.3, -0.25) is 4.79 Å². The summed E-state index contributed by atoms with van der Waals surface area (Å²) >= 11 is 7.38. The van der Waals surface area contributed by atoms with Gasteiger partial charge in [0.05, 0.1) is 9.21 Å². The first-order valence-electron chi connectivity index (χ1n) is 5.19. The van der Waals surface area contributed by atoms with Crippen LogP contribution in [0, 0.1) is 12.8 Å². The minimum absolute atomic E-state index is 0.195. The molecule has 1 fully saturated rings. The highest BCUT2D eigenvalue weighted by molar-refractivity contribution is 7.18. The largest absolute Gasteiger partial charge is 0.317 e. The molecule has 2 nitrogen and oxygen atoms in total. The van der Waals surface area contributed by atoms with E-state index in [-0.39, 0.29) is 11.7 Å². The highest BCUT2D eigenvalue weighted by Gasteiger charge is 2.23. The van der Waals surface area contributed by atoms with E-state index >= 15 is 0 Å². The Morgan fingerprint density at radius 2 is 2.20 bits per heavy atom. The van der Waals surface area contributed by atoms with Gasteiger partial charge < -0.3 is 5.32 Å². The lowest BCUT2D eigenvalue weighted by Crippen LogP contribution is -2.31. The standard InChI is InChI=1S/C11H14ClNOS/c1-7-6-9(15-11(7)12)10(14)8-2-4-13-5-3-8/h6,8,13H,2-5H2,1H3. The van der Waals surface area contributed by atoms with Gasteiger partial charge in [0.1, 0.15) is 0 Å². The molecule has 2 heterocycles. The van der Waals surface area contributed by atoms with Crippen LogP contribution in [0.2, 0.25) is 4.34 Å². The van der Waals surface area contributed by atoms with Crippen molar-refractivity contribution in [3.05, 3.63) is 20.8 Å². The van der Waals surface area contributed by atoms with E-state index in [1.165, 1.54) is 11.3 Å². The third-order valence-corrected chi connectivity index (χ3v) is 4.38. The number of carbonyl (C=O) groups is 1. The Labute approximate surface area is 98.6 Å². The number of hydrogen-bond donors (Lipinski definition) is 1. The second-order valence-electron chi connectivity index (χ2n) is 3.96. The number of Topliss-reactive ketones (excluding diaryl/α,β-unsaturated/α-hetero) is 1. The van der Waals surface area contributed by atoms with Crippen molar-refractivity contribution >= 4 is 28.7 Å². The monoisotopic (exact) mass is 243 g/mol. The SMILES string of the molecule is Cc1cc(C(=O)C2CCNCC2)sc1Cl. The van der Waals surface area contributed by atoms with Crippen LogP contribution in [0.15, 0.2) is 6.07 Å². The average molecular weight is 244 g/mol. The molecule has 15 heavy (non-hydrogen) atoms. The number of carbonyl (C=O) groups excluding carboxylic acids is 1. The fourth-order valence-corrected chi connectivity index (χ4v) is 3.09. The normalized spacial score (nSPS) is 18.0. The first kappa shape index (κ1) is 11.1. The second-order valence-corrected chi connectivity index (χ2v) is 5.61. The summed E-state index contributed by atoms with van der Waals surface area (Å²) in [6.07, 6.45) is 1.90. The van der Waals surface area contributed by atoms with Crippen molar-refractivity contribution in [1.82, 2.24) is 5.32 Å². The van der Waals surface area contributed by atoms with Gasteiger partial charge in [0.15, 0.2) is 5.78 Å². The van der Waals surface area contributed by atoms with Gasteiger partial charge in [0.25, 0.3) is 0 Å². The topological polar surface area (TPSA) is 29.1 Å². The lowest BCUT2D eigenvalue weighted by molar-refractivity contribution is 0.0899. The van der Waals surface area contributed by atoms with Gasteiger partial charge in [-0.15, -0.1) is 11.3 Å². The average Bonchev–Trinajstić information content (AvgIpc) is 2.59. The van der Waals surface area contributed by atoms with Crippen molar-refractivity contribution in [2.75, 3.05) is 13.1 Å². The molecule has 0 spiro atoms. The van der Waals surface area contributed by atoms with Crippen molar-refractivity contribution in [3.63, 3.8) is 0 Å². The van der Waals surface area contributed by atoms with E-state index in [1.807, 2.05) is 13.0 Å². The predicted octanol–water partition coefficient (Wildman–Crippen LogP) is 2.89. The molecule has 2 rings (SSSR count). The van der Waals surface area contributed by atoms with E-state index < -0.39 is 0 Å². The molecule has 1 aromatic heterocycles. The summed E-state index contributed by atoms with van der Waals surface area (Å²) in [5.74, 6) is 0.469. The Kier molecular flexibility index (Phi) is 3.44. The maximum absolute atomic E-state index is 12.1. The third kappa shape index (κ3) is 2.41. The number of hydrogen-bond acceptors (Lipinski definition) is 3. The lowest BCUT2D eigenvalue weighted by Gasteiger charge is -2.20. The van der Waals surface area contributed by atoms with E-state index in [9.17, 15) is 4.79 Å². The Balaban J connectivity index is 2.12. The maximum atomic E-state index is 12.1. The van der Waals surface area contributed by atoms with Crippen LogP contribution in [-0.2, 0) is 0 Å². The van der Waals surface area contributed by atoms with Crippen LogP contribution < -0.4 is 5.32 Å². The van der Waals surface area contributed by atoms with Crippen LogP contribution in [0.4, 0.5) is 0 Å². The lowest BCUT2D eigenvalue weighted by atomic mass is 9.93. The first-order valence-corrected chi connectivity index (χ1v) is 6.39. The molecule has 1 aliphatic rings. The van der Waals surface area contributed by atoms with Crippen molar-refractivity contribution in [3.8, 4) is 0 Å². The molecule has 1 N–H and O–H groups in total. The van der Waals surface area contributed by atoms with Crippen molar-refractivity contribution in [1.29, 1.82) is 0 Å². The van der Waals surface area contributed by atoms with Crippen LogP contribution in [0.25, 0.3) is 0 Å². The predicted molar refractivity (Wildman–Crippen MR) is 64.0 cm³/mol. The second kappa shape index (κ2) is 4.64. The molecular weight excluding hydrogens is 230 g/mol. The summed E-state index contributed by atoms with van der Waals surface area (Å²) < 4.78 is 0.743. The first-order chi connectivity index (χ1) is 7.18. The molecule has 1 aliphatic heterocycles. The summed E-state index contributed by atoms with van der Waals surface area (Å²) in [6, 6.07) is 1.91. The summed E-state index contributed by atoms with van der Waals surface area (Å²) in [7, 11) is 0. The highest BCUT2D eigenvalue weighted by Crippen LogP contribution is 2.30. The summed E-state index contributed by atoms with van der Waals surface area (Å²) in [5, 5.41) is 3.26. The van der Waals surface area contributed by atoms with Crippen molar-refractivity contribution < 1.29 is 4.79 Å². The molecule has 1 aromatic rings. The van der Waals surface area contributed by atoms with Crippen LogP contribution in [0.3, 0.4) is 0 Å². The number of ketones is 1. The van der Waals surface area contributed by atoms with Crippen LogP contribution in [0.1, 0.15) is 28.1 Å². The van der Waals surface area contributed by atoms with Crippen LogP contribution in [0.5, 0.6) is 0 Å². The van der Waals surface area contributed by atoms with Gasteiger partial charge in [-0.25, -0.2) is 0 Å². The Morgan fingerprint density at radius 3 is 2.73 bits per heavy atom. The Bertz CT molecular complexity index is 349. The number of thiophene rings is 1. The number of halogens is 1. The molecule has 0 aromatic carbocycles. The molecule has 4 heteroatoms. The number of piperidine rings is 1. The number of aryl methyl sites for hydroxylation is 1. The zero-order chi connectivity index (χ0) is 10.8. The van der Waals surface area contributed by atoms with Gasteiger partial charge in [0.2, 0.25) is 0 Å². The fraction of sp³-hybridized carbons (Fsp3) is 0.545. The van der Waals surface area contributed by atoms with E-state index in [0.29, 0.717) is 0 Å². The Hall–Kier alpha value is -0.380. The maximum Gasteiger partial charge on any atom is 0.176 e. The molecule has 0 bridgehead atoms. The zero-order valence-electron chi connectivity index (χ0n) is 8.68. The minimum Gasteiger partial charge on any atom is -0.317 e. The summed E-state index contributed by atoms with van der Waals surface area (Å²) in [6.45, 7) is 3.85. The van der Waals surface area contributed by atoms with E-state index in [1.54, 1.807) is 0 Å². The third-order valence-electron chi connectivity index (χ3n) is 2.81. The van der Waals surface area contributed by atoms with E-state index in [2.05, 4.69) is 5.32 Å². The fourth-order valence-electron chi connectivity index (χ4n) is 1.87. The van der Waals surface area contributed by atoms with Crippen molar-refractivity contribution in [2.45, 2.75) is 19.8 Å². The van der Waals surface area contributed by atoms with E-state index in [0.717, 1.165) is 40.7 Å². The molecule has 0 amide bonds. The van der Waals surface area contributed by atoms with Gasteiger partial charge >= 0.3 is 0 Å². The van der Waals surface area contributed by atoms with Gasteiger partial charge in [0, 0.05) is 5.92 Å². The number of rotatable bonds is 2.